The van der Waals surface area contributed by atoms with E-state index in [4.69, 9.17) is 0 Å². The van der Waals surface area contributed by atoms with Gasteiger partial charge < -0.3 is 9.88 Å². The van der Waals surface area contributed by atoms with Gasteiger partial charge in [0.15, 0.2) is 0 Å². The van der Waals surface area contributed by atoms with E-state index in [1.165, 1.54) is 0 Å². The van der Waals surface area contributed by atoms with Crippen LogP contribution in [0.3, 0.4) is 0 Å². The summed E-state index contributed by atoms with van der Waals surface area (Å²) in [4.78, 5) is 16.3. The van der Waals surface area contributed by atoms with Crippen molar-refractivity contribution in [1.82, 2.24) is 9.88 Å². The molecule has 2 aromatic rings. The molecule has 1 heterocycles. The topological polar surface area (TPSA) is 36.1 Å². The number of nitrogens with one attached hydrogen (secondary N) is 1. The summed E-state index contributed by atoms with van der Waals surface area (Å²) in [6.45, 7) is 4.22. The van der Waals surface area contributed by atoms with Crippen LogP contribution in [0.25, 0.3) is 10.9 Å². The number of hydrogen-bond acceptors (Lipinski definition) is 1. The number of nitrogens with zero attached hydrogens (tertiary/aromatic N) is 1. The van der Waals surface area contributed by atoms with Crippen molar-refractivity contribution in [2.45, 2.75) is 13.8 Å². The van der Waals surface area contributed by atoms with Crippen molar-refractivity contribution < 1.29 is 9.18 Å². The summed E-state index contributed by atoms with van der Waals surface area (Å²) in [7, 11) is 1.72. The van der Waals surface area contributed by atoms with Gasteiger partial charge in [0.25, 0.3) is 5.91 Å². The molecule has 0 fully saturated rings. The van der Waals surface area contributed by atoms with Crippen molar-refractivity contribution in [1.29, 1.82) is 0 Å². The van der Waals surface area contributed by atoms with E-state index in [1.807, 2.05) is 13.0 Å². The Morgan fingerprint density at radius 1 is 1.47 bits per heavy atom. The van der Waals surface area contributed by atoms with Gasteiger partial charge in [-0.25, -0.2) is 4.39 Å². The highest BCUT2D eigenvalue weighted by molar-refractivity contribution is 5.98. The van der Waals surface area contributed by atoms with E-state index >= 15 is 0 Å². The molecule has 3 nitrogen and oxygen atoms in total. The average Bonchev–Trinajstić information content (AvgIpc) is 2.76. The number of carbonyl (C=O) groups excluding carboxylic acids is 1. The number of benzene rings is 1. The van der Waals surface area contributed by atoms with Crippen LogP contribution >= 0.6 is 0 Å². The number of carbonyl (C=O) groups is 1. The molecule has 0 spiro atoms. The number of H-pyrrole nitrogens is 1. The maximum Gasteiger partial charge on any atom is 0.270 e. The first-order valence-electron chi connectivity index (χ1n) is 5.58. The third kappa shape index (κ3) is 1.90. The molecular weight excluding hydrogens is 219 g/mol. The standard InChI is InChI=1S/C13H15FN2O/c1-4-16(3)13(17)10-7-9-6-5-8(2)11(14)12(9)15-10/h5-7,15H,4H2,1-3H3. The molecule has 4 heteroatoms. The molecule has 0 aliphatic rings. The molecule has 1 amide bonds. The van der Waals surface area contributed by atoms with Crippen LogP contribution in [0.1, 0.15) is 23.0 Å². The lowest BCUT2D eigenvalue weighted by Gasteiger charge is -2.12. The molecule has 0 radical (unpaired) electrons. The van der Waals surface area contributed by atoms with E-state index in [1.54, 1.807) is 31.0 Å². The van der Waals surface area contributed by atoms with Crippen molar-refractivity contribution in [3.63, 3.8) is 0 Å². The first kappa shape index (κ1) is 11.6. The lowest BCUT2D eigenvalue weighted by Crippen LogP contribution is -2.26. The fourth-order valence-corrected chi connectivity index (χ4v) is 1.73. The molecule has 0 bridgehead atoms. The Balaban J connectivity index is 2.52. The molecule has 0 aliphatic heterocycles. The van der Waals surface area contributed by atoms with Gasteiger partial charge in [-0.3, -0.25) is 4.79 Å². The molecular formula is C13H15FN2O. The zero-order chi connectivity index (χ0) is 12.6. The zero-order valence-electron chi connectivity index (χ0n) is 10.2. The lowest BCUT2D eigenvalue weighted by molar-refractivity contribution is 0.0797. The van der Waals surface area contributed by atoms with Gasteiger partial charge in [-0.2, -0.15) is 0 Å². The third-order valence-corrected chi connectivity index (χ3v) is 2.98. The van der Waals surface area contributed by atoms with E-state index in [2.05, 4.69) is 4.98 Å². The van der Waals surface area contributed by atoms with Crippen LogP contribution in [0.15, 0.2) is 18.2 Å². The molecule has 1 aromatic heterocycles. The fourth-order valence-electron chi connectivity index (χ4n) is 1.73. The molecule has 0 saturated carbocycles. The SMILES string of the molecule is CCN(C)C(=O)c1cc2ccc(C)c(F)c2[nH]1. The average molecular weight is 234 g/mol. The Kier molecular flexibility index (Phi) is 2.88. The quantitative estimate of drug-likeness (QED) is 0.852. The zero-order valence-corrected chi connectivity index (χ0v) is 10.2. The number of hydrogen-bond donors (Lipinski definition) is 1. The van der Waals surface area contributed by atoms with Crippen molar-refractivity contribution in [3.8, 4) is 0 Å². The number of fused-ring (bicyclic) bond motifs is 1. The highest BCUT2D eigenvalue weighted by Crippen LogP contribution is 2.21. The second-order valence-corrected chi connectivity index (χ2v) is 4.16. The molecule has 1 N–H and O–H groups in total. The first-order valence-corrected chi connectivity index (χ1v) is 5.58. The van der Waals surface area contributed by atoms with E-state index in [-0.39, 0.29) is 11.7 Å². The van der Waals surface area contributed by atoms with Crippen LogP contribution in [0, 0.1) is 12.7 Å². The van der Waals surface area contributed by atoms with E-state index < -0.39 is 0 Å². The minimum Gasteiger partial charge on any atom is -0.348 e. The van der Waals surface area contributed by atoms with Crippen LogP contribution in [-0.4, -0.2) is 29.4 Å². The van der Waals surface area contributed by atoms with Gasteiger partial charge in [-0.05, 0) is 25.5 Å². The van der Waals surface area contributed by atoms with Crippen molar-refractivity contribution in [2.24, 2.45) is 0 Å². The maximum absolute atomic E-state index is 13.8. The Bertz CT molecular complexity index is 574. The van der Waals surface area contributed by atoms with Gasteiger partial charge in [-0.1, -0.05) is 12.1 Å². The van der Waals surface area contributed by atoms with Crippen LogP contribution in [0.2, 0.25) is 0 Å². The van der Waals surface area contributed by atoms with Crippen molar-refractivity contribution >= 4 is 16.8 Å². The molecule has 1 aromatic carbocycles. The van der Waals surface area contributed by atoms with Gasteiger partial charge in [-0.15, -0.1) is 0 Å². The minimum absolute atomic E-state index is 0.124. The van der Waals surface area contributed by atoms with E-state index in [9.17, 15) is 9.18 Å². The van der Waals surface area contributed by atoms with E-state index in [0.717, 1.165) is 5.39 Å². The number of aromatic nitrogens is 1. The predicted molar refractivity (Wildman–Crippen MR) is 65.6 cm³/mol. The Hall–Kier alpha value is -1.84. The van der Waals surface area contributed by atoms with Gasteiger partial charge in [0.05, 0.1) is 5.52 Å². The minimum atomic E-state index is -0.291. The number of halogens is 1. The van der Waals surface area contributed by atoms with Gasteiger partial charge in [0, 0.05) is 19.0 Å². The number of rotatable bonds is 2. The summed E-state index contributed by atoms with van der Waals surface area (Å²) < 4.78 is 13.8. The van der Waals surface area contributed by atoms with E-state index in [0.29, 0.717) is 23.3 Å². The maximum atomic E-state index is 13.8. The predicted octanol–water partition coefficient (Wildman–Crippen LogP) is 2.71. The first-order chi connectivity index (χ1) is 8.04. The summed E-state index contributed by atoms with van der Waals surface area (Å²) in [5.41, 5.74) is 1.40. The van der Waals surface area contributed by atoms with Crippen LogP contribution in [0.5, 0.6) is 0 Å². The summed E-state index contributed by atoms with van der Waals surface area (Å²) in [5.74, 6) is -0.415. The van der Waals surface area contributed by atoms with Gasteiger partial charge in [0.1, 0.15) is 11.5 Å². The second-order valence-electron chi connectivity index (χ2n) is 4.16. The Labute approximate surface area is 99.2 Å². The van der Waals surface area contributed by atoms with Crippen molar-refractivity contribution in [3.05, 3.63) is 35.3 Å². The normalized spacial score (nSPS) is 10.8. The number of aryl methyl sites for hydroxylation is 1. The van der Waals surface area contributed by atoms with Gasteiger partial charge >= 0.3 is 0 Å². The smallest absolute Gasteiger partial charge is 0.270 e. The molecule has 0 unspecified atom stereocenters. The summed E-state index contributed by atoms with van der Waals surface area (Å²) in [5, 5.41) is 0.723. The monoisotopic (exact) mass is 234 g/mol. The summed E-state index contributed by atoms with van der Waals surface area (Å²) >= 11 is 0. The Morgan fingerprint density at radius 3 is 2.82 bits per heavy atom. The second kappa shape index (κ2) is 4.20. The highest BCUT2D eigenvalue weighted by Gasteiger charge is 2.15. The van der Waals surface area contributed by atoms with Crippen molar-refractivity contribution in [2.75, 3.05) is 13.6 Å². The molecule has 2 rings (SSSR count). The summed E-state index contributed by atoms with van der Waals surface area (Å²) in [6.07, 6.45) is 0. The molecule has 0 atom stereocenters. The Morgan fingerprint density at radius 2 is 2.18 bits per heavy atom. The largest absolute Gasteiger partial charge is 0.348 e. The number of aromatic amines is 1. The van der Waals surface area contributed by atoms with Crippen LogP contribution in [0.4, 0.5) is 4.39 Å². The molecule has 17 heavy (non-hydrogen) atoms. The molecule has 0 aliphatic carbocycles. The summed E-state index contributed by atoms with van der Waals surface area (Å²) in [6, 6.07) is 5.21. The van der Waals surface area contributed by atoms with Gasteiger partial charge in [0.2, 0.25) is 0 Å². The molecule has 90 valence electrons. The van der Waals surface area contributed by atoms with Crippen LogP contribution in [-0.2, 0) is 0 Å². The number of amides is 1. The molecule has 0 saturated heterocycles. The lowest BCUT2D eigenvalue weighted by atomic mass is 10.2. The fraction of sp³-hybridized carbons (Fsp3) is 0.308. The third-order valence-electron chi connectivity index (χ3n) is 2.98. The van der Waals surface area contributed by atoms with Crippen LogP contribution < -0.4 is 0 Å². The highest BCUT2D eigenvalue weighted by atomic mass is 19.1.